The van der Waals surface area contributed by atoms with Crippen LogP contribution in [0.5, 0.6) is 0 Å². The Morgan fingerprint density at radius 2 is 2.00 bits per heavy atom. The summed E-state index contributed by atoms with van der Waals surface area (Å²) in [4.78, 5) is 29.0. The van der Waals surface area contributed by atoms with Crippen molar-refractivity contribution in [1.29, 1.82) is 0 Å². The van der Waals surface area contributed by atoms with Crippen LogP contribution in [0.2, 0.25) is 0 Å². The first-order valence-corrected chi connectivity index (χ1v) is 10.0. The average molecular weight is 362 g/mol. The van der Waals surface area contributed by atoms with E-state index in [1.165, 1.54) is 0 Å². The van der Waals surface area contributed by atoms with E-state index in [-0.39, 0.29) is 48.0 Å². The number of hydrogen-bond donors (Lipinski definition) is 1. The van der Waals surface area contributed by atoms with Crippen molar-refractivity contribution in [2.45, 2.75) is 70.2 Å². The number of esters is 1. The van der Waals surface area contributed by atoms with E-state index in [4.69, 9.17) is 4.74 Å². The number of ether oxygens (including phenoxy) is 1. The van der Waals surface area contributed by atoms with Gasteiger partial charge < -0.3 is 14.7 Å². The van der Waals surface area contributed by atoms with Crippen LogP contribution >= 0.6 is 0 Å². The van der Waals surface area contributed by atoms with Gasteiger partial charge in [0.25, 0.3) is 0 Å². The number of carbonyl (C=O) groups is 2. The molecular weight excluding hydrogens is 332 g/mol. The van der Waals surface area contributed by atoms with Crippen LogP contribution in [0.1, 0.15) is 46.0 Å². The van der Waals surface area contributed by atoms with E-state index < -0.39 is 0 Å². The normalized spacial score (nSPS) is 40.7. The van der Waals surface area contributed by atoms with Gasteiger partial charge in [0.15, 0.2) is 0 Å². The summed E-state index contributed by atoms with van der Waals surface area (Å²) in [5.74, 6) is 0.240. The van der Waals surface area contributed by atoms with Crippen LogP contribution in [0, 0.1) is 11.8 Å². The molecule has 6 heteroatoms. The molecular formula is C20H30N2O4. The standard InChI is InChI=1S/C20H30N2O4/c1-3-12(2)20(25)26-13-7-8-21-10-14-16-5-4-6-18(23)22(16)11-15(19(14)24)17(21)9-13/h3,13-17,19,24H,4-11H2,1-2H3/b12-3+/t13-,14-,15-,16+,17-,19-/m0/s1. The lowest BCUT2D eigenvalue weighted by molar-refractivity contribution is -0.176. The zero-order chi connectivity index (χ0) is 18.4. The summed E-state index contributed by atoms with van der Waals surface area (Å²) in [6.07, 6.45) is 5.53. The highest BCUT2D eigenvalue weighted by Crippen LogP contribution is 2.43. The van der Waals surface area contributed by atoms with Crippen molar-refractivity contribution < 1.29 is 19.4 Å². The van der Waals surface area contributed by atoms with Gasteiger partial charge in [-0.05, 0) is 33.1 Å². The van der Waals surface area contributed by atoms with E-state index in [1.807, 2.05) is 11.8 Å². The number of fused-ring (bicyclic) bond motifs is 6. The molecule has 0 saturated carbocycles. The minimum absolute atomic E-state index is 0.0661. The molecule has 0 spiro atoms. The molecule has 4 aliphatic rings. The Hall–Kier alpha value is -1.40. The van der Waals surface area contributed by atoms with Crippen LogP contribution in [0.3, 0.4) is 0 Å². The molecule has 1 amide bonds. The number of hydrogen-bond acceptors (Lipinski definition) is 5. The first kappa shape index (κ1) is 18.0. The summed E-state index contributed by atoms with van der Waals surface area (Å²) in [6, 6.07) is 0.394. The van der Waals surface area contributed by atoms with Crippen molar-refractivity contribution in [2.24, 2.45) is 11.8 Å². The van der Waals surface area contributed by atoms with Gasteiger partial charge in [0.2, 0.25) is 5.91 Å². The van der Waals surface area contributed by atoms with Crippen molar-refractivity contribution in [2.75, 3.05) is 19.6 Å². The molecule has 4 fully saturated rings. The molecule has 0 unspecified atom stereocenters. The molecule has 4 rings (SSSR count). The molecule has 4 saturated heterocycles. The highest BCUT2D eigenvalue weighted by Gasteiger charge is 2.54. The van der Waals surface area contributed by atoms with Crippen LogP contribution in [0.4, 0.5) is 0 Å². The predicted octanol–water partition coefficient (Wildman–Crippen LogP) is 1.33. The molecule has 0 aromatic carbocycles. The van der Waals surface area contributed by atoms with E-state index in [0.29, 0.717) is 18.5 Å². The quantitative estimate of drug-likeness (QED) is 0.593. The zero-order valence-electron chi connectivity index (χ0n) is 15.8. The van der Waals surface area contributed by atoms with Crippen molar-refractivity contribution >= 4 is 11.9 Å². The maximum Gasteiger partial charge on any atom is 0.333 e. The van der Waals surface area contributed by atoms with Gasteiger partial charge >= 0.3 is 5.97 Å². The highest BCUT2D eigenvalue weighted by molar-refractivity contribution is 5.87. The number of rotatable bonds is 2. The minimum atomic E-state index is -0.352. The molecule has 6 atom stereocenters. The fraction of sp³-hybridized carbons (Fsp3) is 0.800. The van der Waals surface area contributed by atoms with Gasteiger partial charge in [0, 0.05) is 62.0 Å². The lowest BCUT2D eigenvalue weighted by Crippen LogP contribution is -2.70. The number of piperidine rings is 4. The molecule has 2 bridgehead atoms. The number of aliphatic hydroxyl groups is 1. The monoisotopic (exact) mass is 362 g/mol. The molecule has 1 N–H and O–H groups in total. The molecule has 6 nitrogen and oxygen atoms in total. The third kappa shape index (κ3) is 2.97. The van der Waals surface area contributed by atoms with Gasteiger partial charge in [-0.2, -0.15) is 0 Å². The van der Waals surface area contributed by atoms with E-state index >= 15 is 0 Å². The second-order valence-corrected chi connectivity index (χ2v) is 8.41. The number of carbonyl (C=O) groups excluding carboxylic acids is 2. The molecule has 4 heterocycles. The van der Waals surface area contributed by atoms with Crippen molar-refractivity contribution in [3.05, 3.63) is 11.6 Å². The van der Waals surface area contributed by atoms with Gasteiger partial charge in [-0.1, -0.05) is 6.08 Å². The van der Waals surface area contributed by atoms with Crippen molar-refractivity contribution in [1.82, 2.24) is 9.80 Å². The predicted molar refractivity (Wildman–Crippen MR) is 96.2 cm³/mol. The van der Waals surface area contributed by atoms with Crippen LogP contribution in [-0.4, -0.2) is 70.7 Å². The average Bonchev–Trinajstić information content (AvgIpc) is 2.63. The summed E-state index contributed by atoms with van der Waals surface area (Å²) < 4.78 is 5.70. The van der Waals surface area contributed by atoms with Crippen LogP contribution in [0.15, 0.2) is 11.6 Å². The van der Waals surface area contributed by atoms with Crippen molar-refractivity contribution in [3.8, 4) is 0 Å². The zero-order valence-corrected chi connectivity index (χ0v) is 15.8. The SMILES string of the molecule is C/C=C(\C)C(=O)O[C@H]1CCN2C[C@@H]3[C@H](O)[C@@H](CN4C(=O)CCC[C@H]34)[C@@H]2C1. The summed E-state index contributed by atoms with van der Waals surface area (Å²) >= 11 is 0. The van der Waals surface area contributed by atoms with Gasteiger partial charge in [-0.3, -0.25) is 9.69 Å². The molecule has 0 radical (unpaired) electrons. The number of aliphatic hydroxyl groups excluding tert-OH is 1. The lowest BCUT2D eigenvalue weighted by atomic mass is 9.68. The second kappa shape index (κ2) is 6.97. The van der Waals surface area contributed by atoms with Gasteiger partial charge in [0.1, 0.15) is 6.10 Å². The maximum atomic E-state index is 12.4. The first-order valence-electron chi connectivity index (χ1n) is 10.0. The topological polar surface area (TPSA) is 70.1 Å². The third-order valence-electron chi connectivity index (χ3n) is 7.07. The van der Waals surface area contributed by atoms with E-state index in [1.54, 1.807) is 13.0 Å². The summed E-state index contributed by atoms with van der Waals surface area (Å²) in [5, 5.41) is 11.0. The van der Waals surface area contributed by atoms with E-state index in [2.05, 4.69) is 4.90 Å². The van der Waals surface area contributed by atoms with Crippen LogP contribution < -0.4 is 0 Å². The summed E-state index contributed by atoms with van der Waals surface area (Å²) in [6.45, 7) is 6.01. The Morgan fingerprint density at radius 3 is 2.77 bits per heavy atom. The summed E-state index contributed by atoms with van der Waals surface area (Å²) in [7, 11) is 0. The maximum absolute atomic E-state index is 12.4. The third-order valence-corrected chi connectivity index (χ3v) is 7.07. The van der Waals surface area contributed by atoms with Gasteiger partial charge in [0.05, 0.1) is 6.10 Å². The highest BCUT2D eigenvalue weighted by atomic mass is 16.5. The Labute approximate surface area is 155 Å². The molecule has 0 aliphatic carbocycles. The molecule has 0 aromatic heterocycles. The fourth-order valence-corrected chi connectivity index (χ4v) is 5.51. The Bertz CT molecular complexity index is 619. The number of amides is 1. The number of allylic oxidation sites excluding steroid dienone is 1. The largest absolute Gasteiger partial charge is 0.459 e. The minimum Gasteiger partial charge on any atom is -0.459 e. The number of nitrogens with zero attached hydrogens (tertiary/aromatic N) is 2. The van der Waals surface area contributed by atoms with E-state index in [0.717, 1.165) is 38.8 Å². The molecule has 144 valence electrons. The lowest BCUT2D eigenvalue weighted by Gasteiger charge is -2.59. The van der Waals surface area contributed by atoms with Gasteiger partial charge in [-0.15, -0.1) is 0 Å². The van der Waals surface area contributed by atoms with Crippen LogP contribution in [-0.2, 0) is 14.3 Å². The molecule has 4 aliphatic heterocycles. The van der Waals surface area contributed by atoms with Gasteiger partial charge in [-0.25, -0.2) is 4.79 Å². The molecule has 0 aromatic rings. The Balaban J connectivity index is 1.49. The smallest absolute Gasteiger partial charge is 0.333 e. The fourth-order valence-electron chi connectivity index (χ4n) is 5.51. The molecule has 26 heavy (non-hydrogen) atoms. The first-order chi connectivity index (χ1) is 12.5. The Morgan fingerprint density at radius 1 is 1.23 bits per heavy atom. The van der Waals surface area contributed by atoms with Crippen LogP contribution in [0.25, 0.3) is 0 Å². The Kier molecular flexibility index (Phi) is 4.82. The second-order valence-electron chi connectivity index (χ2n) is 8.41. The van der Waals surface area contributed by atoms with Crippen molar-refractivity contribution in [3.63, 3.8) is 0 Å². The van der Waals surface area contributed by atoms with E-state index in [9.17, 15) is 14.7 Å². The summed E-state index contributed by atoms with van der Waals surface area (Å²) in [5.41, 5.74) is 0.635.